The molecule has 2 rings (SSSR count). The highest BCUT2D eigenvalue weighted by Gasteiger charge is 2.23. The van der Waals surface area contributed by atoms with E-state index in [-0.39, 0.29) is 18.2 Å². The summed E-state index contributed by atoms with van der Waals surface area (Å²) in [6.07, 6.45) is 3.89. The average molecular weight is 297 g/mol. The van der Waals surface area contributed by atoms with Gasteiger partial charge in [0.05, 0.1) is 6.07 Å². The van der Waals surface area contributed by atoms with Gasteiger partial charge in [-0.2, -0.15) is 5.26 Å². The number of allylic oxidation sites excluding steroid dienone is 1. The Kier molecular flexibility index (Phi) is 5.31. The monoisotopic (exact) mass is 297 g/mol. The molecule has 0 saturated heterocycles. The Morgan fingerprint density at radius 3 is 2.59 bits per heavy atom. The van der Waals surface area contributed by atoms with Crippen molar-refractivity contribution in [1.29, 1.82) is 5.26 Å². The van der Waals surface area contributed by atoms with Gasteiger partial charge in [-0.1, -0.05) is 17.7 Å². The topological polar surface area (TPSA) is 82.0 Å². The van der Waals surface area contributed by atoms with E-state index in [1.807, 2.05) is 19.1 Å². The molecule has 0 heterocycles. The molecule has 0 bridgehead atoms. The number of nitrogens with zero attached hydrogens (tertiary/aromatic N) is 1. The lowest BCUT2D eigenvalue weighted by atomic mass is 10.1. The highest BCUT2D eigenvalue weighted by Crippen LogP contribution is 2.35. The summed E-state index contributed by atoms with van der Waals surface area (Å²) in [5.41, 5.74) is 2.73. The standard InChI is InChI=1S/C17H19N3O2/c1-12(14-4-5-14)10-17(22)19-11-13-2-6-15(7-3-13)20-16(21)8-9-18/h2-3,6-7,10,14H,4-5,8,11H2,1H3,(H,19,22)(H,20,21)/b12-10+. The Bertz CT molecular complexity index is 622. The second kappa shape index (κ2) is 7.41. The summed E-state index contributed by atoms with van der Waals surface area (Å²) in [5, 5.41) is 13.9. The van der Waals surface area contributed by atoms with Gasteiger partial charge in [-0.3, -0.25) is 9.59 Å². The smallest absolute Gasteiger partial charge is 0.244 e. The van der Waals surface area contributed by atoms with E-state index in [0.29, 0.717) is 18.2 Å². The zero-order valence-electron chi connectivity index (χ0n) is 12.6. The molecule has 1 fully saturated rings. The summed E-state index contributed by atoms with van der Waals surface area (Å²) in [6, 6.07) is 8.96. The first-order valence-electron chi connectivity index (χ1n) is 7.30. The molecule has 0 spiro atoms. The number of carbonyl (C=O) groups excluding carboxylic acids is 2. The molecular formula is C17H19N3O2. The van der Waals surface area contributed by atoms with Crippen molar-refractivity contribution in [3.8, 4) is 6.07 Å². The van der Waals surface area contributed by atoms with Crippen molar-refractivity contribution < 1.29 is 9.59 Å². The van der Waals surface area contributed by atoms with Crippen LogP contribution in [-0.2, 0) is 16.1 Å². The van der Waals surface area contributed by atoms with E-state index < -0.39 is 0 Å². The van der Waals surface area contributed by atoms with Crippen molar-refractivity contribution >= 4 is 17.5 Å². The van der Waals surface area contributed by atoms with Gasteiger partial charge in [0, 0.05) is 18.3 Å². The Morgan fingerprint density at radius 1 is 1.32 bits per heavy atom. The molecule has 0 radical (unpaired) electrons. The number of nitrogens with one attached hydrogen (secondary N) is 2. The highest BCUT2D eigenvalue weighted by molar-refractivity contribution is 5.92. The van der Waals surface area contributed by atoms with Crippen LogP contribution < -0.4 is 10.6 Å². The number of anilines is 1. The molecule has 1 aromatic carbocycles. The lowest BCUT2D eigenvalue weighted by Gasteiger charge is -2.06. The quantitative estimate of drug-likeness (QED) is 0.791. The summed E-state index contributed by atoms with van der Waals surface area (Å²) in [5.74, 6) is 0.196. The van der Waals surface area contributed by atoms with Crippen LogP contribution in [0.4, 0.5) is 5.69 Å². The number of rotatable bonds is 6. The van der Waals surface area contributed by atoms with Crippen LogP contribution in [0, 0.1) is 17.2 Å². The lowest BCUT2D eigenvalue weighted by molar-refractivity contribution is -0.117. The molecule has 5 heteroatoms. The fourth-order valence-electron chi connectivity index (χ4n) is 2.09. The molecule has 1 aromatic rings. The van der Waals surface area contributed by atoms with Crippen LogP contribution in [0.15, 0.2) is 35.9 Å². The first kappa shape index (κ1) is 15.8. The van der Waals surface area contributed by atoms with Gasteiger partial charge in [0.1, 0.15) is 6.42 Å². The van der Waals surface area contributed by atoms with Crippen LogP contribution in [0.5, 0.6) is 0 Å². The van der Waals surface area contributed by atoms with Crippen LogP contribution in [0.3, 0.4) is 0 Å². The van der Waals surface area contributed by atoms with E-state index in [0.717, 1.165) is 11.1 Å². The second-order valence-corrected chi connectivity index (χ2v) is 5.46. The van der Waals surface area contributed by atoms with Crippen molar-refractivity contribution in [3.05, 3.63) is 41.5 Å². The zero-order valence-corrected chi connectivity index (χ0v) is 12.6. The van der Waals surface area contributed by atoms with E-state index in [1.165, 1.54) is 12.8 Å². The number of hydrogen-bond donors (Lipinski definition) is 2. The fraction of sp³-hybridized carbons (Fsp3) is 0.353. The molecule has 1 saturated carbocycles. The Hall–Kier alpha value is -2.61. The van der Waals surface area contributed by atoms with Gasteiger partial charge in [0.15, 0.2) is 0 Å². The Labute approximate surface area is 130 Å². The SMILES string of the molecule is C/C(=C\C(=O)NCc1ccc(NC(=O)CC#N)cc1)C1CC1. The molecule has 0 aliphatic heterocycles. The third-order valence-electron chi connectivity index (χ3n) is 3.52. The summed E-state index contributed by atoms with van der Waals surface area (Å²) in [4.78, 5) is 23.0. The van der Waals surface area contributed by atoms with E-state index in [4.69, 9.17) is 5.26 Å². The summed E-state index contributed by atoms with van der Waals surface area (Å²) < 4.78 is 0. The predicted octanol–water partition coefficient (Wildman–Crippen LogP) is 2.51. The van der Waals surface area contributed by atoms with Crippen molar-refractivity contribution in [2.75, 3.05) is 5.32 Å². The van der Waals surface area contributed by atoms with Gasteiger partial charge in [-0.15, -0.1) is 0 Å². The second-order valence-electron chi connectivity index (χ2n) is 5.46. The van der Waals surface area contributed by atoms with Crippen molar-refractivity contribution in [2.45, 2.75) is 32.7 Å². The van der Waals surface area contributed by atoms with Gasteiger partial charge < -0.3 is 10.6 Å². The van der Waals surface area contributed by atoms with E-state index in [9.17, 15) is 9.59 Å². The average Bonchev–Trinajstić information content (AvgIpc) is 3.31. The van der Waals surface area contributed by atoms with Gasteiger partial charge in [-0.05, 0) is 43.4 Å². The molecule has 1 aliphatic carbocycles. The van der Waals surface area contributed by atoms with Crippen LogP contribution in [0.25, 0.3) is 0 Å². The summed E-state index contributed by atoms with van der Waals surface area (Å²) in [7, 11) is 0. The van der Waals surface area contributed by atoms with E-state index in [2.05, 4.69) is 10.6 Å². The molecule has 22 heavy (non-hydrogen) atoms. The summed E-state index contributed by atoms with van der Waals surface area (Å²) in [6.45, 7) is 2.44. The number of amides is 2. The highest BCUT2D eigenvalue weighted by atomic mass is 16.2. The predicted molar refractivity (Wildman–Crippen MR) is 83.6 cm³/mol. The maximum absolute atomic E-state index is 11.8. The van der Waals surface area contributed by atoms with Gasteiger partial charge >= 0.3 is 0 Å². The largest absolute Gasteiger partial charge is 0.348 e. The van der Waals surface area contributed by atoms with Crippen molar-refractivity contribution in [2.24, 2.45) is 5.92 Å². The first-order valence-corrected chi connectivity index (χ1v) is 7.30. The maximum atomic E-state index is 11.8. The van der Waals surface area contributed by atoms with Gasteiger partial charge in [-0.25, -0.2) is 0 Å². The van der Waals surface area contributed by atoms with Crippen molar-refractivity contribution in [1.82, 2.24) is 5.32 Å². The van der Waals surface area contributed by atoms with Crippen LogP contribution in [0.1, 0.15) is 31.7 Å². The molecule has 0 aromatic heterocycles. The summed E-state index contributed by atoms with van der Waals surface area (Å²) >= 11 is 0. The lowest BCUT2D eigenvalue weighted by Crippen LogP contribution is -2.20. The number of carbonyl (C=O) groups is 2. The van der Waals surface area contributed by atoms with E-state index in [1.54, 1.807) is 24.3 Å². The molecule has 5 nitrogen and oxygen atoms in total. The molecule has 114 valence electrons. The zero-order chi connectivity index (χ0) is 15.9. The third-order valence-corrected chi connectivity index (χ3v) is 3.52. The normalized spacial score (nSPS) is 14.1. The Morgan fingerprint density at radius 2 is 2.00 bits per heavy atom. The number of nitriles is 1. The maximum Gasteiger partial charge on any atom is 0.244 e. The minimum atomic E-state index is -0.329. The molecule has 2 amide bonds. The van der Waals surface area contributed by atoms with Gasteiger partial charge in [0.25, 0.3) is 0 Å². The first-order chi connectivity index (χ1) is 10.6. The number of hydrogen-bond acceptors (Lipinski definition) is 3. The Balaban J connectivity index is 1.81. The molecule has 1 aliphatic rings. The van der Waals surface area contributed by atoms with Crippen LogP contribution in [0.2, 0.25) is 0 Å². The minimum Gasteiger partial charge on any atom is -0.348 e. The minimum absolute atomic E-state index is 0.0733. The molecule has 0 atom stereocenters. The van der Waals surface area contributed by atoms with E-state index >= 15 is 0 Å². The van der Waals surface area contributed by atoms with Gasteiger partial charge in [0.2, 0.25) is 11.8 Å². The van der Waals surface area contributed by atoms with Crippen LogP contribution >= 0.6 is 0 Å². The van der Waals surface area contributed by atoms with Crippen LogP contribution in [-0.4, -0.2) is 11.8 Å². The molecular weight excluding hydrogens is 278 g/mol. The third kappa shape index (κ3) is 5.06. The number of benzene rings is 1. The molecule has 0 unspecified atom stereocenters. The van der Waals surface area contributed by atoms with Crippen molar-refractivity contribution in [3.63, 3.8) is 0 Å². The fourth-order valence-corrected chi connectivity index (χ4v) is 2.09. The molecule has 2 N–H and O–H groups in total.